The normalized spacial score (nSPS) is 15.7. The van der Waals surface area contributed by atoms with Crippen molar-refractivity contribution < 1.29 is 0 Å². The maximum absolute atomic E-state index is 4.62. The molecule has 1 aromatic carbocycles. The van der Waals surface area contributed by atoms with E-state index in [1.54, 1.807) is 6.20 Å². The SMILES string of the molecule is CCN1CCN(c2nncc(Nc3cc(C)cc(C)c3)n2)CC1. The molecule has 2 aromatic rings. The van der Waals surface area contributed by atoms with Gasteiger partial charge in [0, 0.05) is 31.9 Å². The highest BCUT2D eigenvalue weighted by Crippen LogP contribution is 2.19. The Bertz CT molecular complexity index is 644. The van der Waals surface area contributed by atoms with Crippen LogP contribution in [0, 0.1) is 13.8 Å². The van der Waals surface area contributed by atoms with Crippen molar-refractivity contribution in [3.05, 3.63) is 35.5 Å². The van der Waals surface area contributed by atoms with Gasteiger partial charge in [0.15, 0.2) is 5.82 Å². The van der Waals surface area contributed by atoms with Crippen molar-refractivity contribution in [3.8, 4) is 0 Å². The van der Waals surface area contributed by atoms with Crippen LogP contribution >= 0.6 is 0 Å². The summed E-state index contributed by atoms with van der Waals surface area (Å²) in [6, 6.07) is 6.37. The summed E-state index contributed by atoms with van der Waals surface area (Å²) < 4.78 is 0. The molecular formula is C17H24N6. The van der Waals surface area contributed by atoms with E-state index in [-0.39, 0.29) is 0 Å². The Balaban J connectivity index is 1.72. The fourth-order valence-electron chi connectivity index (χ4n) is 2.95. The van der Waals surface area contributed by atoms with Gasteiger partial charge in [-0.25, -0.2) is 0 Å². The van der Waals surface area contributed by atoms with E-state index in [0.717, 1.165) is 44.2 Å². The van der Waals surface area contributed by atoms with Gasteiger partial charge in [-0.3, -0.25) is 0 Å². The Morgan fingerprint density at radius 2 is 1.74 bits per heavy atom. The maximum atomic E-state index is 4.62. The lowest BCUT2D eigenvalue weighted by Crippen LogP contribution is -2.46. The predicted molar refractivity (Wildman–Crippen MR) is 93.4 cm³/mol. The second-order valence-electron chi connectivity index (χ2n) is 6.06. The molecule has 1 saturated heterocycles. The number of likely N-dealkylation sites (N-methyl/N-ethyl adjacent to an activating group) is 1. The van der Waals surface area contributed by atoms with Gasteiger partial charge in [-0.2, -0.15) is 10.1 Å². The van der Waals surface area contributed by atoms with Crippen molar-refractivity contribution >= 4 is 17.5 Å². The molecule has 1 fully saturated rings. The zero-order valence-corrected chi connectivity index (χ0v) is 14.1. The summed E-state index contributed by atoms with van der Waals surface area (Å²) in [4.78, 5) is 9.26. The Morgan fingerprint density at radius 3 is 2.39 bits per heavy atom. The number of nitrogens with one attached hydrogen (secondary N) is 1. The minimum atomic E-state index is 0.704. The summed E-state index contributed by atoms with van der Waals surface area (Å²) in [6.07, 6.45) is 1.67. The fourth-order valence-corrected chi connectivity index (χ4v) is 2.95. The molecule has 0 amide bonds. The number of benzene rings is 1. The molecule has 0 radical (unpaired) electrons. The van der Waals surface area contributed by atoms with Gasteiger partial charge in [0.25, 0.3) is 0 Å². The molecule has 0 unspecified atom stereocenters. The summed E-state index contributed by atoms with van der Waals surface area (Å²) in [5, 5.41) is 11.6. The van der Waals surface area contributed by atoms with Crippen molar-refractivity contribution in [2.75, 3.05) is 42.9 Å². The minimum Gasteiger partial charge on any atom is -0.339 e. The lowest BCUT2D eigenvalue weighted by Gasteiger charge is -2.33. The Kier molecular flexibility index (Phi) is 4.71. The Labute approximate surface area is 137 Å². The highest BCUT2D eigenvalue weighted by atomic mass is 15.4. The molecule has 1 N–H and O–H groups in total. The standard InChI is InChI=1S/C17H24N6/c1-4-22-5-7-23(8-6-22)17-20-16(12-18-21-17)19-15-10-13(2)9-14(3)11-15/h9-12H,4-8H2,1-3H3,(H,19,20,21). The number of aryl methyl sites for hydroxylation is 2. The van der Waals surface area contributed by atoms with Crippen LogP contribution in [0.2, 0.25) is 0 Å². The van der Waals surface area contributed by atoms with Crippen LogP contribution in [0.1, 0.15) is 18.1 Å². The molecule has 1 aromatic heterocycles. The molecular weight excluding hydrogens is 288 g/mol. The highest BCUT2D eigenvalue weighted by Gasteiger charge is 2.18. The van der Waals surface area contributed by atoms with Crippen molar-refractivity contribution in [1.82, 2.24) is 20.1 Å². The summed E-state index contributed by atoms with van der Waals surface area (Å²) in [5.41, 5.74) is 3.49. The third-order valence-electron chi connectivity index (χ3n) is 4.14. The van der Waals surface area contributed by atoms with Crippen LogP contribution in [0.3, 0.4) is 0 Å². The van der Waals surface area contributed by atoms with E-state index >= 15 is 0 Å². The van der Waals surface area contributed by atoms with Crippen LogP contribution in [0.15, 0.2) is 24.4 Å². The van der Waals surface area contributed by atoms with Crippen molar-refractivity contribution in [2.24, 2.45) is 0 Å². The molecule has 1 aliphatic rings. The summed E-state index contributed by atoms with van der Waals surface area (Å²) in [6.45, 7) is 11.5. The lowest BCUT2D eigenvalue weighted by molar-refractivity contribution is 0.269. The average Bonchev–Trinajstić information content (AvgIpc) is 2.54. The lowest BCUT2D eigenvalue weighted by atomic mass is 10.1. The molecule has 1 aliphatic heterocycles. The van der Waals surface area contributed by atoms with Crippen LogP contribution in [-0.4, -0.2) is 52.8 Å². The molecule has 0 bridgehead atoms. The zero-order chi connectivity index (χ0) is 16.2. The topological polar surface area (TPSA) is 57.2 Å². The van der Waals surface area contributed by atoms with Crippen LogP contribution < -0.4 is 10.2 Å². The van der Waals surface area contributed by atoms with E-state index in [9.17, 15) is 0 Å². The minimum absolute atomic E-state index is 0.704. The second kappa shape index (κ2) is 6.91. The van der Waals surface area contributed by atoms with Gasteiger partial charge in [-0.05, 0) is 43.7 Å². The summed E-state index contributed by atoms with van der Waals surface area (Å²) >= 11 is 0. The highest BCUT2D eigenvalue weighted by molar-refractivity contribution is 5.58. The third kappa shape index (κ3) is 3.96. The molecule has 122 valence electrons. The maximum Gasteiger partial charge on any atom is 0.247 e. The van der Waals surface area contributed by atoms with E-state index in [4.69, 9.17) is 0 Å². The number of hydrogen-bond donors (Lipinski definition) is 1. The molecule has 0 saturated carbocycles. The molecule has 0 atom stereocenters. The molecule has 6 nitrogen and oxygen atoms in total. The number of hydrogen-bond acceptors (Lipinski definition) is 6. The quantitative estimate of drug-likeness (QED) is 0.935. The Hall–Kier alpha value is -2.21. The second-order valence-corrected chi connectivity index (χ2v) is 6.06. The van der Waals surface area contributed by atoms with Crippen molar-refractivity contribution in [3.63, 3.8) is 0 Å². The first-order chi connectivity index (χ1) is 11.1. The number of rotatable bonds is 4. The van der Waals surface area contributed by atoms with Crippen LogP contribution in [0.4, 0.5) is 17.5 Å². The molecule has 6 heteroatoms. The van der Waals surface area contributed by atoms with Crippen molar-refractivity contribution in [2.45, 2.75) is 20.8 Å². The van der Waals surface area contributed by atoms with Gasteiger partial charge in [-0.15, -0.1) is 5.10 Å². The first-order valence-corrected chi connectivity index (χ1v) is 8.16. The summed E-state index contributed by atoms with van der Waals surface area (Å²) in [5.74, 6) is 1.44. The van der Waals surface area contributed by atoms with E-state index in [2.05, 4.69) is 69.3 Å². The van der Waals surface area contributed by atoms with E-state index < -0.39 is 0 Å². The summed E-state index contributed by atoms with van der Waals surface area (Å²) in [7, 11) is 0. The molecule has 0 aliphatic carbocycles. The van der Waals surface area contributed by atoms with Crippen molar-refractivity contribution in [1.29, 1.82) is 0 Å². The van der Waals surface area contributed by atoms with Gasteiger partial charge in [0.2, 0.25) is 5.95 Å². The van der Waals surface area contributed by atoms with Gasteiger partial charge in [-0.1, -0.05) is 13.0 Å². The fraction of sp³-hybridized carbons (Fsp3) is 0.471. The zero-order valence-electron chi connectivity index (χ0n) is 14.1. The first-order valence-electron chi connectivity index (χ1n) is 8.16. The largest absolute Gasteiger partial charge is 0.339 e. The third-order valence-corrected chi connectivity index (χ3v) is 4.14. The van der Waals surface area contributed by atoms with Gasteiger partial charge < -0.3 is 15.1 Å². The van der Waals surface area contributed by atoms with Crippen LogP contribution in [0.5, 0.6) is 0 Å². The number of piperazine rings is 1. The molecule has 2 heterocycles. The van der Waals surface area contributed by atoms with E-state index in [0.29, 0.717) is 5.95 Å². The van der Waals surface area contributed by atoms with E-state index in [1.807, 2.05) is 0 Å². The monoisotopic (exact) mass is 312 g/mol. The van der Waals surface area contributed by atoms with Crippen LogP contribution in [0.25, 0.3) is 0 Å². The number of nitrogens with zero attached hydrogens (tertiary/aromatic N) is 5. The van der Waals surface area contributed by atoms with Gasteiger partial charge in [0.1, 0.15) is 0 Å². The number of anilines is 3. The smallest absolute Gasteiger partial charge is 0.247 e. The first kappa shape index (κ1) is 15.7. The molecule has 23 heavy (non-hydrogen) atoms. The number of aromatic nitrogens is 3. The Morgan fingerprint density at radius 1 is 1.04 bits per heavy atom. The van der Waals surface area contributed by atoms with Gasteiger partial charge >= 0.3 is 0 Å². The van der Waals surface area contributed by atoms with E-state index in [1.165, 1.54) is 11.1 Å². The van der Waals surface area contributed by atoms with Gasteiger partial charge in [0.05, 0.1) is 6.20 Å². The molecule has 0 spiro atoms. The predicted octanol–water partition coefficient (Wildman–Crippen LogP) is 2.37. The molecule has 3 rings (SSSR count). The average molecular weight is 312 g/mol. The van der Waals surface area contributed by atoms with Crippen LogP contribution in [-0.2, 0) is 0 Å².